The lowest BCUT2D eigenvalue weighted by molar-refractivity contribution is -0.386. The molecule has 3 N–H and O–H groups in total. The van der Waals surface area contributed by atoms with Crippen LogP contribution in [0.15, 0.2) is 28.9 Å². The van der Waals surface area contributed by atoms with Crippen molar-refractivity contribution in [2.75, 3.05) is 5.32 Å². The number of carbonyl (C=O) groups is 2. The van der Waals surface area contributed by atoms with Gasteiger partial charge in [-0.1, -0.05) is 0 Å². The van der Waals surface area contributed by atoms with Crippen LogP contribution in [-0.4, -0.2) is 31.5 Å². The number of alkyl halides is 2. The minimum Gasteiger partial charge on any atom is -0.464 e. The normalized spacial score (nSPS) is 12.3. The number of carbonyl (C=O) groups excluding carboxylic acids is 2. The quantitative estimate of drug-likeness (QED) is 0.276. The Kier molecular flexibility index (Phi) is 6.06. The third-order valence-electron chi connectivity index (χ3n) is 5.38. The van der Waals surface area contributed by atoms with Crippen molar-refractivity contribution in [3.63, 3.8) is 0 Å². The number of furan rings is 1. The highest BCUT2D eigenvalue weighted by Gasteiger charge is 2.30. The van der Waals surface area contributed by atoms with Gasteiger partial charge in [0.15, 0.2) is 0 Å². The first-order valence-corrected chi connectivity index (χ1v) is 10.9. The third kappa shape index (κ3) is 4.12. The summed E-state index contributed by atoms with van der Waals surface area (Å²) in [6.45, 7) is 4.38. The highest BCUT2D eigenvalue weighted by Crippen LogP contribution is 2.43. The van der Waals surface area contributed by atoms with Crippen molar-refractivity contribution >= 4 is 44.7 Å². The molecule has 0 saturated carbocycles. The molecule has 182 valence electrons. The molecule has 0 aromatic carbocycles. The second kappa shape index (κ2) is 8.87. The fraction of sp³-hybridized carbons (Fsp3) is 0.238. The molecule has 4 aromatic heterocycles. The van der Waals surface area contributed by atoms with E-state index in [9.17, 15) is 28.5 Å². The van der Waals surface area contributed by atoms with E-state index in [0.29, 0.717) is 0 Å². The molecule has 4 rings (SSSR count). The van der Waals surface area contributed by atoms with E-state index in [1.807, 2.05) is 0 Å². The van der Waals surface area contributed by atoms with Crippen LogP contribution in [0.25, 0.3) is 21.5 Å². The largest absolute Gasteiger partial charge is 0.464 e. The zero-order valence-electron chi connectivity index (χ0n) is 18.5. The van der Waals surface area contributed by atoms with Gasteiger partial charge in [0.25, 0.3) is 12.3 Å². The van der Waals surface area contributed by atoms with Crippen LogP contribution in [-0.2, 0) is 4.79 Å². The fourth-order valence-corrected chi connectivity index (χ4v) is 4.80. The molecule has 0 aliphatic rings. The molecule has 0 bridgehead atoms. The van der Waals surface area contributed by atoms with Crippen LogP contribution in [0, 0.1) is 24.0 Å². The number of aromatic nitrogens is 3. The number of thiophene rings is 1. The number of primary amides is 1. The monoisotopic (exact) mass is 504 g/mol. The van der Waals surface area contributed by atoms with E-state index in [1.54, 1.807) is 6.07 Å². The Labute approximate surface area is 199 Å². The van der Waals surface area contributed by atoms with Gasteiger partial charge < -0.3 is 15.5 Å². The summed E-state index contributed by atoms with van der Waals surface area (Å²) in [7, 11) is 0. The maximum atomic E-state index is 13.5. The molecule has 0 fully saturated rings. The number of aryl methyl sites for hydroxylation is 1. The molecular formula is C21H18F2N6O5S. The van der Waals surface area contributed by atoms with E-state index in [0.717, 1.165) is 17.4 Å². The first kappa shape index (κ1) is 23.9. The van der Waals surface area contributed by atoms with Gasteiger partial charge in [-0.05, 0) is 39.0 Å². The molecule has 1 unspecified atom stereocenters. The summed E-state index contributed by atoms with van der Waals surface area (Å²) in [6.07, 6.45) is -1.55. The third-order valence-corrected chi connectivity index (χ3v) is 6.48. The predicted octanol–water partition coefficient (Wildman–Crippen LogP) is 4.51. The Morgan fingerprint density at radius 2 is 2.06 bits per heavy atom. The van der Waals surface area contributed by atoms with Crippen LogP contribution < -0.4 is 11.1 Å². The average molecular weight is 504 g/mol. The summed E-state index contributed by atoms with van der Waals surface area (Å²) >= 11 is 0.751. The summed E-state index contributed by atoms with van der Waals surface area (Å²) in [4.78, 5) is 40.0. The molecule has 35 heavy (non-hydrogen) atoms. The van der Waals surface area contributed by atoms with Gasteiger partial charge in [-0.3, -0.25) is 24.4 Å². The number of nitro groups is 1. The van der Waals surface area contributed by atoms with Crippen molar-refractivity contribution in [1.29, 1.82) is 0 Å². The van der Waals surface area contributed by atoms with E-state index in [2.05, 4.69) is 15.4 Å². The Balaban J connectivity index is 1.85. The first-order chi connectivity index (χ1) is 16.5. The lowest BCUT2D eigenvalue weighted by atomic mass is 10.1. The molecule has 0 spiro atoms. The van der Waals surface area contributed by atoms with Crippen molar-refractivity contribution in [3.05, 3.63) is 56.5 Å². The Morgan fingerprint density at radius 1 is 1.34 bits per heavy atom. The summed E-state index contributed by atoms with van der Waals surface area (Å²) in [5, 5.41) is 18.3. The van der Waals surface area contributed by atoms with Gasteiger partial charge in [0.05, 0.1) is 16.9 Å². The fourth-order valence-electron chi connectivity index (χ4n) is 3.78. The van der Waals surface area contributed by atoms with Crippen molar-refractivity contribution in [3.8, 4) is 11.3 Å². The highest BCUT2D eigenvalue weighted by atomic mass is 32.1. The minimum absolute atomic E-state index is 0.0231. The lowest BCUT2D eigenvalue weighted by Crippen LogP contribution is -2.26. The number of pyridine rings is 1. The molecular weight excluding hydrogens is 486 g/mol. The van der Waals surface area contributed by atoms with Gasteiger partial charge in [0, 0.05) is 10.9 Å². The summed E-state index contributed by atoms with van der Waals surface area (Å²) in [6, 6.07) is 3.18. The van der Waals surface area contributed by atoms with Crippen molar-refractivity contribution in [2.24, 2.45) is 5.73 Å². The number of hydrogen-bond donors (Lipinski definition) is 2. The Morgan fingerprint density at radius 3 is 2.60 bits per heavy atom. The van der Waals surface area contributed by atoms with Crippen molar-refractivity contribution in [2.45, 2.75) is 33.2 Å². The number of nitrogens with zero attached hydrogens (tertiary/aromatic N) is 4. The van der Waals surface area contributed by atoms with Gasteiger partial charge in [-0.25, -0.2) is 13.8 Å². The summed E-state index contributed by atoms with van der Waals surface area (Å²) < 4.78 is 33.6. The van der Waals surface area contributed by atoms with E-state index in [-0.39, 0.29) is 49.2 Å². The van der Waals surface area contributed by atoms with Crippen LogP contribution in [0.5, 0.6) is 0 Å². The molecule has 2 amide bonds. The Hall–Kier alpha value is -4.20. The van der Waals surface area contributed by atoms with E-state index in [1.165, 1.54) is 37.8 Å². The summed E-state index contributed by atoms with van der Waals surface area (Å²) in [5.74, 6) is -1.36. The van der Waals surface area contributed by atoms with Crippen LogP contribution >= 0.6 is 11.3 Å². The zero-order valence-corrected chi connectivity index (χ0v) is 19.4. The van der Waals surface area contributed by atoms with Gasteiger partial charge in [-0.2, -0.15) is 5.10 Å². The second-order valence-electron chi connectivity index (χ2n) is 7.61. The standard InChI is InChI=1S/C21H18F2N6O5S/c1-8-16(29(32)33)9(2)28(27-8)10(3)20(31)26-15-14-11(13-5-4-6-34-13)7-12(18(22)23)25-21(14)35-17(15)19(24)30/h4-7,10,18H,1-3H3,(H2,24,30)(H,26,31). The van der Waals surface area contributed by atoms with Crippen LogP contribution in [0.4, 0.5) is 20.2 Å². The minimum atomic E-state index is -2.90. The highest BCUT2D eigenvalue weighted by molar-refractivity contribution is 7.21. The smallest absolute Gasteiger partial charge is 0.312 e. The topological polar surface area (TPSA) is 159 Å². The molecule has 11 nitrogen and oxygen atoms in total. The predicted molar refractivity (Wildman–Crippen MR) is 122 cm³/mol. The van der Waals surface area contributed by atoms with E-state index >= 15 is 0 Å². The van der Waals surface area contributed by atoms with Crippen LogP contribution in [0.3, 0.4) is 0 Å². The number of amides is 2. The van der Waals surface area contributed by atoms with Crippen molar-refractivity contribution in [1.82, 2.24) is 14.8 Å². The van der Waals surface area contributed by atoms with Gasteiger partial charge >= 0.3 is 5.69 Å². The Bertz CT molecular complexity index is 1480. The number of rotatable bonds is 7. The molecule has 4 aromatic rings. The maximum absolute atomic E-state index is 13.5. The van der Waals surface area contributed by atoms with E-state index < -0.39 is 34.9 Å². The lowest BCUT2D eigenvalue weighted by Gasteiger charge is -2.15. The van der Waals surface area contributed by atoms with Gasteiger partial charge in [0.2, 0.25) is 5.91 Å². The van der Waals surface area contributed by atoms with Gasteiger partial charge in [0.1, 0.15) is 38.6 Å². The number of halogens is 2. The number of nitrogens with one attached hydrogen (secondary N) is 1. The number of fused-ring (bicyclic) bond motifs is 1. The molecule has 4 heterocycles. The molecule has 0 aliphatic heterocycles. The first-order valence-electron chi connectivity index (χ1n) is 10.1. The maximum Gasteiger partial charge on any atom is 0.312 e. The molecule has 1 atom stereocenters. The average Bonchev–Trinajstić information content (AvgIpc) is 3.50. The number of hydrogen-bond acceptors (Lipinski definition) is 8. The summed E-state index contributed by atoms with van der Waals surface area (Å²) in [5.41, 5.74) is 5.22. The van der Waals surface area contributed by atoms with Crippen LogP contribution in [0.2, 0.25) is 0 Å². The molecule has 0 saturated heterocycles. The van der Waals surface area contributed by atoms with Gasteiger partial charge in [-0.15, -0.1) is 11.3 Å². The SMILES string of the molecule is Cc1nn(C(C)C(=O)Nc2c(C(N)=O)sc3nc(C(F)F)cc(-c4ccco4)c23)c(C)c1[N+](=O)[O-]. The molecule has 0 aliphatic carbocycles. The van der Waals surface area contributed by atoms with Crippen molar-refractivity contribution < 1.29 is 27.7 Å². The zero-order chi connectivity index (χ0) is 25.6. The second-order valence-corrected chi connectivity index (χ2v) is 8.61. The number of anilines is 1. The molecule has 0 radical (unpaired) electrons. The number of nitrogens with two attached hydrogens (primary N) is 1. The molecule has 14 heteroatoms. The van der Waals surface area contributed by atoms with E-state index in [4.69, 9.17) is 10.2 Å². The van der Waals surface area contributed by atoms with Crippen LogP contribution in [0.1, 0.15) is 46.1 Å².